The summed E-state index contributed by atoms with van der Waals surface area (Å²) < 4.78 is 13.2. The minimum atomic E-state index is -0.292. The van der Waals surface area contributed by atoms with Gasteiger partial charge in [0.2, 0.25) is 11.8 Å². The van der Waals surface area contributed by atoms with Crippen LogP contribution in [0.15, 0.2) is 36.9 Å². The number of carbonyl (C=O) groups excluding carboxylic acids is 2. The summed E-state index contributed by atoms with van der Waals surface area (Å²) in [5.41, 5.74) is 0.819. The monoisotopic (exact) mass is 276 g/mol. The standard InChI is InChI=1S/C15H17FN2O2/c1-2-14(19)17-8-6-15(20)18-9-7-13(18)11-4-3-5-12(16)10-11/h2-5,10,13H,1,6-9H2,(H,17,19). The van der Waals surface area contributed by atoms with E-state index in [1.54, 1.807) is 11.0 Å². The Morgan fingerprint density at radius 2 is 2.30 bits per heavy atom. The van der Waals surface area contributed by atoms with E-state index in [1.165, 1.54) is 18.2 Å². The summed E-state index contributed by atoms with van der Waals surface area (Å²) in [6.45, 7) is 4.30. The molecule has 20 heavy (non-hydrogen) atoms. The molecule has 4 nitrogen and oxygen atoms in total. The van der Waals surface area contributed by atoms with Crippen molar-refractivity contribution < 1.29 is 14.0 Å². The van der Waals surface area contributed by atoms with Crippen molar-refractivity contribution in [3.8, 4) is 0 Å². The number of nitrogens with one attached hydrogen (secondary N) is 1. The second-order valence-electron chi connectivity index (χ2n) is 4.69. The van der Waals surface area contributed by atoms with E-state index in [-0.39, 0.29) is 36.6 Å². The van der Waals surface area contributed by atoms with Gasteiger partial charge >= 0.3 is 0 Å². The molecule has 5 heteroatoms. The maximum absolute atomic E-state index is 13.2. The zero-order chi connectivity index (χ0) is 14.5. The molecule has 1 heterocycles. The fourth-order valence-corrected chi connectivity index (χ4v) is 2.25. The summed E-state index contributed by atoms with van der Waals surface area (Å²) in [7, 11) is 0. The number of hydrogen-bond acceptors (Lipinski definition) is 2. The Kier molecular flexibility index (Phi) is 4.50. The summed E-state index contributed by atoms with van der Waals surface area (Å²) in [5.74, 6) is -0.613. The van der Waals surface area contributed by atoms with Crippen LogP contribution in [0.1, 0.15) is 24.4 Å². The Bertz CT molecular complexity index is 530. The highest BCUT2D eigenvalue weighted by Gasteiger charge is 2.32. The van der Waals surface area contributed by atoms with E-state index < -0.39 is 0 Å². The van der Waals surface area contributed by atoms with Gasteiger partial charge < -0.3 is 10.2 Å². The predicted octanol–water partition coefficient (Wildman–Crippen LogP) is 1.79. The molecule has 2 rings (SSSR count). The number of hydrogen-bond donors (Lipinski definition) is 1. The lowest BCUT2D eigenvalue weighted by Gasteiger charge is -2.41. The molecule has 1 aliphatic rings. The molecular formula is C15H17FN2O2. The van der Waals surface area contributed by atoms with Crippen LogP contribution in [0.4, 0.5) is 4.39 Å². The Labute approximate surface area is 117 Å². The molecule has 1 unspecified atom stereocenters. The molecule has 0 aliphatic carbocycles. The molecule has 1 atom stereocenters. The van der Waals surface area contributed by atoms with Crippen molar-refractivity contribution in [2.24, 2.45) is 0 Å². The molecule has 1 N–H and O–H groups in total. The van der Waals surface area contributed by atoms with Gasteiger partial charge in [0.25, 0.3) is 0 Å². The number of amides is 2. The quantitative estimate of drug-likeness (QED) is 0.834. The largest absolute Gasteiger partial charge is 0.352 e. The van der Waals surface area contributed by atoms with Crippen LogP contribution in [0.3, 0.4) is 0 Å². The molecule has 1 aromatic carbocycles. The van der Waals surface area contributed by atoms with Gasteiger partial charge in [-0.25, -0.2) is 4.39 Å². The normalized spacial score (nSPS) is 17.2. The predicted molar refractivity (Wildman–Crippen MR) is 73.3 cm³/mol. The first-order chi connectivity index (χ1) is 9.61. The van der Waals surface area contributed by atoms with Crippen molar-refractivity contribution in [2.45, 2.75) is 18.9 Å². The van der Waals surface area contributed by atoms with Crippen LogP contribution < -0.4 is 5.32 Å². The summed E-state index contributed by atoms with van der Waals surface area (Å²) in [6, 6.07) is 6.28. The lowest BCUT2D eigenvalue weighted by atomic mass is 9.94. The van der Waals surface area contributed by atoms with Gasteiger partial charge in [0.15, 0.2) is 0 Å². The lowest BCUT2D eigenvalue weighted by molar-refractivity contribution is -0.139. The summed E-state index contributed by atoms with van der Waals surface area (Å²) >= 11 is 0. The summed E-state index contributed by atoms with van der Waals surface area (Å²) in [4.78, 5) is 24.7. The Balaban J connectivity index is 1.88. The summed E-state index contributed by atoms with van der Waals surface area (Å²) in [5, 5.41) is 2.57. The van der Waals surface area contributed by atoms with Crippen molar-refractivity contribution in [3.63, 3.8) is 0 Å². The molecule has 1 aromatic rings. The summed E-state index contributed by atoms with van der Waals surface area (Å²) in [6.07, 6.45) is 2.25. The van der Waals surface area contributed by atoms with Crippen molar-refractivity contribution >= 4 is 11.8 Å². The van der Waals surface area contributed by atoms with Gasteiger partial charge in [-0.1, -0.05) is 18.7 Å². The van der Waals surface area contributed by atoms with Crippen molar-refractivity contribution in [1.29, 1.82) is 0 Å². The first kappa shape index (κ1) is 14.2. The van der Waals surface area contributed by atoms with Crippen LogP contribution in [0.5, 0.6) is 0 Å². The van der Waals surface area contributed by atoms with Crippen LogP contribution in [0, 0.1) is 5.82 Å². The van der Waals surface area contributed by atoms with Crippen LogP contribution in [-0.2, 0) is 9.59 Å². The van der Waals surface area contributed by atoms with E-state index in [9.17, 15) is 14.0 Å². The van der Waals surface area contributed by atoms with E-state index in [4.69, 9.17) is 0 Å². The fourth-order valence-electron chi connectivity index (χ4n) is 2.25. The zero-order valence-electron chi connectivity index (χ0n) is 11.1. The molecule has 1 saturated heterocycles. The number of nitrogens with zero attached hydrogens (tertiary/aromatic N) is 1. The van der Waals surface area contributed by atoms with Crippen LogP contribution in [0.2, 0.25) is 0 Å². The van der Waals surface area contributed by atoms with Gasteiger partial charge in [0.1, 0.15) is 5.82 Å². The molecule has 2 amide bonds. The van der Waals surface area contributed by atoms with Gasteiger partial charge in [-0.3, -0.25) is 9.59 Å². The minimum Gasteiger partial charge on any atom is -0.352 e. The van der Waals surface area contributed by atoms with E-state index >= 15 is 0 Å². The van der Waals surface area contributed by atoms with Crippen LogP contribution >= 0.6 is 0 Å². The van der Waals surface area contributed by atoms with Gasteiger partial charge in [0, 0.05) is 19.5 Å². The molecule has 0 radical (unpaired) electrons. The average Bonchev–Trinajstić information content (AvgIpc) is 2.37. The van der Waals surface area contributed by atoms with Gasteiger partial charge in [0.05, 0.1) is 6.04 Å². The minimum absolute atomic E-state index is 0.0325. The Hall–Kier alpha value is -2.17. The van der Waals surface area contributed by atoms with E-state index in [2.05, 4.69) is 11.9 Å². The third-order valence-corrected chi connectivity index (χ3v) is 3.40. The third-order valence-electron chi connectivity index (χ3n) is 3.40. The lowest BCUT2D eigenvalue weighted by Crippen LogP contribution is -2.46. The third kappa shape index (κ3) is 3.23. The van der Waals surface area contributed by atoms with Crippen molar-refractivity contribution in [1.82, 2.24) is 10.2 Å². The zero-order valence-corrected chi connectivity index (χ0v) is 11.1. The van der Waals surface area contributed by atoms with Crippen molar-refractivity contribution in [2.75, 3.05) is 13.1 Å². The highest BCUT2D eigenvalue weighted by molar-refractivity contribution is 5.87. The van der Waals surface area contributed by atoms with Gasteiger partial charge in [-0.05, 0) is 30.2 Å². The highest BCUT2D eigenvalue weighted by atomic mass is 19.1. The Morgan fingerprint density at radius 3 is 2.90 bits per heavy atom. The topological polar surface area (TPSA) is 49.4 Å². The molecule has 1 fully saturated rings. The maximum Gasteiger partial charge on any atom is 0.243 e. The molecule has 0 spiro atoms. The molecule has 0 bridgehead atoms. The second-order valence-corrected chi connectivity index (χ2v) is 4.69. The van der Waals surface area contributed by atoms with Gasteiger partial charge in [-0.2, -0.15) is 0 Å². The molecule has 0 saturated carbocycles. The second kappa shape index (κ2) is 6.32. The van der Waals surface area contributed by atoms with E-state index in [0.29, 0.717) is 6.54 Å². The van der Waals surface area contributed by atoms with Crippen LogP contribution in [0.25, 0.3) is 0 Å². The molecular weight excluding hydrogens is 259 g/mol. The van der Waals surface area contributed by atoms with Crippen LogP contribution in [-0.4, -0.2) is 29.8 Å². The SMILES string of the molecule is C=CC(=O)NCCC(=O)N1CCC1c1cccc(F)c1. The fraction of sp³-hybridized carbons (Fsp3) is 0.333. The number of halogens is 1. The number of rotatable bonds is 5. The first-order valence-corrected chi connectivity index (χ1v) is 6.57. The number of likely N-dealkylation sites (tertiary alicyclic amines) is 1. The van der Waals surface area contributed by atoms with Gasteiger partial charge in [-0.15, -0.1) is 0 Å². The van der Waals surface area contributed by atoms with E-state index in [1.807, 2.05) is 6.07 Å². The number of carbonyl (C=O) groups is 2. The number of benzene rings is 1. The highest BCUT2D eigenvalue weighted by Crippen LogP contribution is 2.33. The maximum atomic E-state index is 13.2. The average molecular weight is 276 g/mol. The van der Waals surface area contributed by atoms with E-state index in [0.717, 1.165) is 12.0 Å². The molecule has 1 aliphatic heterocycles. The van der Waals surface area contributed by atoms with Crippen molar-refractivity contribution in [3.05, 3.63) is 48.3 Å². The molecule has 106 valence electrons. The first-order valence-electron chi connectivity index (χ1n) is 6.57. The Morgan fingerprint density at radius 1 is 1.50 bits per heavy atom. The smallest absolute Gasteiger partial charge is 0.243 e. The molecule has 0 aromatic heterocycles.